The van der Waals surface area contributed by atoms with Crippen molar-refractivity contribution in [2.45, 2.75) is 5.92 Å². The van der Waals surface area contributed by atoms with E-state index in [0.29, 0.717) is 5.69 Å². The zero-order chi connectivity index (χ0) is 30.6. The molecule has 0 aliphatic rings. The molecule has 0 aliphatic carbocycles. The highest BCUT2D eigenvalue weighted by molar-refractivity contribution is 6.18. The van der Waals surface area contributed by atoms with E-state index < -0.39 is 0 Å². The third-order valence-corrected chi connectivity index (χ3v) is 8.30. The number of fused-ring (bicyclic) bond motifs is 3. The molecule has 0 bridgehead atoms. The van der Waals surface area contributed by atoms with Gasteiger partial charge in [-0.2, -0.15) is 0 Å². The van der Waals surface area contributed by atoms with E-state index in [4.69, 9.17) is 5.73 Å². The molecule has 0 spiro atoms. The lowest BCUT2D eigenvalue weighted by Gasteiger charge is -2.16. The molecule has 6 aromatic carbocycles. The Labute approximate surface area is 263 Å². The molecule has 4 heteroatoms. The second-order valence-corrected chi connectivity index (χ2v) is 11.0. The van der Waals surface area contributed by atoms with Crippen LogP contribution in [0.4, 0.5) is 17.1 Å². The van der Waals surface area contributed by atoms with Crippen molar-refractivity contribution < 1.29 is 0 Å². The van der Waals surface area contributed by atoms with Gasteiger partial charge in [0.1, 0.15) is 0 Å². The minimum atomic E-state index is 0.0668. The summed E-state index contributed by atoms with van der Waals surface area (Å²) < 4.78 is 0. The number of nitrogens with two attached hydrogens (primary N) is 1. The van der Waals surface area contributed by atoms with Crippen LogP contribution >= 0.6 is 0 Å². The van der Waals surface area contributed by atoms with Gasteiger partial charge in [-0.15, -0.1) is 0 Å². The van der Waals surface area contributed by atoms with Crippen molar-refractivity contribution in [1.29, 1.82) is 0 Å². The molecule has 1 heterocycles. The Morgan fingerprint density at radius 3 is 1.82 bits per heavy atom. The molecule has 0 atom stereocenters. The van der Waals surface area contributed by atoms with Crippen LogP contribution in [0.25, 0.3) is 38.5 Å². The smallest absolute Gasteiger partial charge is 0.0802 e. The molecule has 0 saturated heterocycles. The quantitative estimate of drug-likeness (QED) is 0.0813. The molecule has 45 heavy (non-hydrogen) atoms. The number of benzene rings is 6. The van der Waals surface area contributed by atoms with Crippen molar-refractivity contribution in [3.63, 3.8) is 0 Å². The molecule has 3 N–H and O–H groups in total. The minimum absolute atomic E-state index is 0.0668. The van der Waals surface area contributed by atoms with Crippen LogP contribution in [0.15, 0.2) is 163 Å². The number of rotatable bonds is 8. The molecule has 0 radical (unpaired) electrons. The summed E-state index contributed by atoms with van der Waals surface area (Å²) in [5.41, 5.74) is 16.7. The van der Waals surface area contributed by atoms with Crippen LogP contribution in [-0.4, -0.2) is 11.7 Å². The average molecular weight is 581 g/mol. The van der Waals surface area contributed by atoms with Crippen molar-refractivity contribution in [2.75, 3.05) is 11.1 Å². The van der Waals surface area contributed by atoms with Gasteiger partial charge in [-0.3, -0.25) is 9.98 Å². The van der Waals surface area contributed by atoms with E-state index >= 15 is 0 Å². The Bertz CT molecular complexity index is 2090. The normalized spacial score (nSPS) is 11.6. The van der Waals surface area contributed by atoms with E-state index in [9.17, 15) is 0 Å². The van der Waals surface area contributed by atoms with E-state index in [1.165, 1.54) is 11.1 Å². The van der Waals surface area contributed by atoms with Crippen LogP contribution < -0.4 is 11.1 Å². The number of nitrogens with zero attached hydrogens (tertiary/aromatic N) is 2. The second-order valence-electron chi connectivity index (χ2n) is 11.0. The lowest BCUT2D eigenvalue weighted by Crippen LogP contribution is -2.00. The number of hydrogen-bond donors (Lipinski definition) is 2. The SMILES string of the molecule is C=N/C(=C\C(c1ccccc1)c1ccccc1)c1ccc(-c2ccc(Nc3c(N)c4ccccc4c4ncccc34)cc2)cc1. The van der Waals surface area contributed by atoms with E-state index in [1.807, 2.05) is 42.6 Å². The number of pyridine rings is 1. The molecule has 7 rings (SSSR count). The summed E-state index contributed by atoms with van der Waals surface area (Å²) in [6.45, 7) is 3.91. The average Bonchev–Trinajstić information content (AvgIpc) is 3.12. The first-order valence-corrected chi connectivity index (χ1v) is 15.0. The van der Waals surface area contributed by atoms with E-state index in [-0.39, 0.29) is 5.92 Å². The zero-order valence-corrected chi connectivity index (χ0v) is 24.8. The molecule has 0 unspecified atom stereocenters. The molecule has 4 nitrogen and oxygen atoms in total. The molecule has 0 amide bonds. The van der Waals surface area contributed by atoms with Gasteiger partial charge in [0, 0.05) is 34.0 Å². The third kappa shape index (κ3) is 5.57. The van der Waals surface area contributed by atoms with Gasteiger partial charge in [0.05, 0.1) is 22.6 Å². The monoisotopic (exact) mass is 580 g/mol. The molecule has 0 saturated carbocycles. The van der Waals surface area contributed by atoms with Gasteiger partial charge in [0.25, 0.3) is 0 Å². The number of nitrogens with one attached hydrogen (secondary N) is 1. The first-order valence-electron chi connectivity index (χ1n) is 15.0. The largest absolute Gasteiger partial charge is 0.397 e. The molecule has 1 aromatic heterocycles. The molecular weight excluding hydrogens is 548 g/mol. The fourth-order valence-electron chi connectivity index (χ4n) is 5.99. The fraction of sp³-hybridized carbons (Fsp3) is 0.0244. The molecule has 7 aromatic rings. The maximum Gasteiger partial charge on any atom is 0.0802 e. The van der Waals surface area contributed by atoms with E-state index in [0.717, 1.165) is 55.4 Å². The number of nitrogen functional groups attached to an aromatic ring is 1. The summed E-state index contributed by atoms with van der Waals surface area (Å²) in [4.78, 5) is 9.11. The van der Waals surface area contributed by atoms with Crippen LogP contribution in [0, 0.1) is 0 Å². The Hall–Kier alpha value is -6.00. The van der Waals surface area contributed by atoms with Gasteiger partial charge in [-0.05, 0) is 64.9 Å². The highest BCUT2D eigenvalue weighted by atomic mass is 14.9. The van der Waals surface area contributed by atoms with Crippen LogP contribution in [0.5, 0.6) is 0 Å². The van der Waals surface area contributed by atoms with Crippen LogP contribution in [0.3, 0.4) is 0 Å². The first-order chi connectivity index (χ1) is 22.2. The minimum Gasteiger partial charge on any atom is -0.397 e. The summed E-state index contributed by atoms with van der Waals surface area (Å²) >= 11 is 0. The first kappa shape index (κ1) is 27.8. The maximum absolute atomic E-state index is 6.69. The Balaban J connectivity index is 1.16. The summed E-state index contributed by atoms with van der Waals surface area (Å²) in [6, 6.07) is 50.1. The number of allylic oxidation sites excluding steroid dienone is 1. The Morgan fingerprint density at radius 2 is 1.20 bits per heavy atom. The lowest BCUT2D eigenvalue weighted by molar-refractivity contribution is 1.02. The maximum atomic E-state index is 6.69. The van der Waals surface area contributed by atoms with Gasteiger partial charge in [0.15, 0.2) is 0 Å². The van der Waals surface area contributed by atoms with Crippen molar-refractivity contribution in [2.24, 2.45) is 4.99 Å². The summed E-state index contributed by atoms with van der Waals surface area (Å²) in [6.07, 6.45) is 4.02. The zero-order valence-electron chi connectivity index (χ0n) is 24.8. The third-order valence-electron chi connectivity index (χ3n) is 8.30. The van der Waals surface area contributed by atoms with E-state index in [2.05, 4.69) is 137 Å². The number of hydrogen-bond acceptors (Lipinski definition) is 4. The molecule has 0 aliphatic heterocycles. The number of aromatic nitrogens is 1. The summed E-state index contributed by atoms with van der Waals surface area (Å²) in [7, 11) is 0. The van der Waals surface area contributed by atoms with Gasteiger partial charge in [-0.25, -0.2) is 0 Å². The van der Waals surface area contributed by atoms with Gasteiger partial charge in [0.2, 0.25) is 0 Å². The number of anilines is 3. The van der Waals surface area contributed by atoms with Gasteiger partial charge in [-0.1, -0.05) is 121 Å². The summed E-state index contributed by atoms with van der Waals surface area (Å²) in [5.74, 6) is 0.0668. The highest BCUT2D eigenvalue weighted by Crippen LogP contribution is 2.39. The van der Waals surface area contributed by atoms with Gasteiger partial charge >= 0.3 is 0 Å². The molecule has 216 valence electrons. The topological polar surface area (TPSA) is 63.3 Å². The van der Waals surface area contributed by atoms with Gasteiger partial charge < -0.3 is 11.1 Å². The Kier molecular flexibility index (Phi) is 7.61. The highest BCUT2D eigenvalue weighted by Gasteiger charge is 2.15. The van der Waals surface area contributed by atoms with Crippen molar-refractivity contribution in [3.05, 3.63) is 175 Å². The van der Waals surface area contributed by atoms with Crippen molar-refractivity contribution >= 4 is 51.2 Å². The van der Waals surface area contributed by atoms with Crippen molar-refractivity contribution in [3.8, 4) is 11.1 Å². The van der Waals surface area contributed by atoms with Crippen LogP contribution in [-0.2, 0) is 0 Å². The van der Waals surface area contributed by atoms with Crippen molar-refractivity contribution in [1.82, 2.24) is 4.98 Å². The molecular formula is C41H32N4. The second kappa shape index (κ2) is 12.3. The summed E-state index contributed by atoms with van der Waals surface area (Å²) in [5, 5.41) is 6.61. The number of aliphatic imine (C=N–C) groups is 1. The standard InChI is InChI=1S/C41H32N4/c1-43-38(27-37(30-11-4-2-5-12-30)31-13-6-3-7-14-31)32-20-18-28(19-21-32)29-22-24-33(25-23-29)45-41-36-17-10-26-44-40(36)35-16-9-8-15-34(35)39(41)42/h2-27,37,45H,1,42H2/b38-27-. The van der Waals surface area contributed by atoms with Crippen LogP contribution in [0.2, 0.25) is 0 Å². The van der Waals surface area contributed by atoms with E-state index in [1.54, 1.807) is 0 Å². The van der Waals surface area contributed by atoms with Crippen LogP contribution in [0.1, 0.15) is 22.6 Å². The lowest BCUT2D eigenvalue weighted by atomic mass is 9.89. The predicted octanol–water partition coefficient (Wildman–Crippen LogP) is 10.3. The fourth-order valence-corrected chi connectivity index (χ4v) is 5.99. The molecule has 0 fully saturated rings. The Morgan fingerprint density at radius 1 is 0.644 bits per heavy atom. The predicted molar refractivity (Wildman–Crippen MR) is 191 cm³/mol.